The minimum Gasteiger partial charge on any atom is -0.453 e. The molecule has 8 heteroatoms. The number of rotatable bonds is 8. The van der Waals surface area contributed by atoms with Crippen LogP contribution in [0.1, 0.15) is 6.42 Å². The number of aldehydes is 1. The molecule has 17 heavy (non-hydrogen) atoms. The van der Waals surface area contributed by atoms with Crippen molar-refractivity contribution in [2.45, 2.75) is 24.7 Å². The fraction of sp³-hybridized carbons (Fsp3) is 0.667. The van der Waals surface area contributed by atoms with Gasteiger partial charge in [0.1, 0.15) is 24.6 Å². The Balaban J connectivity index is 4.57. The number of hydrogen-bond acceptors (Lipinski definition) is 7. The molecule has 0 aliphatic rings. The normalized spacial score (nSPS) is 15.8. The van der Waals surface area contributed by atoms with E-state index in [4.69, 9.17) is 10.2 Å². The average Bonchev–Trinajstić information content (AvgIpc) is 2.35. The lowest BCUT2D eigenvalue weighted by Gasteiger charge is -2.23. The van der Waals surface area contributed by atoms with Crippen LogP contribution in [0, 0.1) is 0 Å². The lowest BCUT2D eigenvalue weighted by Crippen LogP contribution is -2.43. The molecule has 0 saturated heterocycles. The first-order chi connectivity index (χ1) is 7.97. The number of carbonyl (C=O) groups is 3. The van der Waals surface area contributed by atoms with Gasteiger partial charge in [0.05, 0.1) is 11.9 Å². The van der Waals surface area contributed by atoms with Gasteiger partial charge in [0, 0.05) is 6.42 Å². The molecule has 0 aromatic carbocycles. The zero-order valence-electron chi connectivity index (χ0n) is 8.78. The maximum absolute atomic E-state index is 11.1. The Bertz CT molecular complexity index is 281. The SMILES string of the molecule is O=CC[C@@H](OC(=O)C(=O)CBr)[C@H](O)[C@H](O)CO. The number of ether oxygens (including phenoxy) is 1. The van der Waals surface area contributed by atoms with Gasteiger partial charge in [-0.15, -0.1) is 0 Å². The van der Waals surface area contributed by atoms with Gasteiger partial charge in [-0.05, 0) is 0 Å². The highest BCUT2D eigenvalue weighted by atomic mass is 79.9. The summed E-state index contributed by atoms with van der Waals surface area (Å²) in [6, 6.07) is 0. The molecule has 0 rings (SSSR count). The molecule has 0 aromatic rings. The molecule has 0 radical (unpaired) electrons. The summed E-state index contributed by atoms with van der Waals surface area (Å²) in [5.41, 5.74) is 0. The number of carbonyl (C=O) groups excluding carboxylic acids is 3. The number of aliphatic hydroxyl groups excluding tert-OH is 3. The Labute approximate surface area is 106 Å². The number of halogens is 1. The van der Waals surface area contributed by atoms with Crippen LogP contribution in [0.5, 0.6) is 0 Å². The first kappa shape index (κ1) is 16.2. The molecule has 0 unspecified atom stereocenters. The van der Waals surface area contributed by atoms with Crippen LogP contribution in [-0.2, 0) is 19.1 Å². The van der Waals surface area contributed by atoms with Crippen molar-refractivity contribution >= 4 is 34.0 Å². The van der Waals surface area contributed by atoms with Gasteiger partial charge in [-0.25, -0.2) is 4.79 Å². The molecule has 0 saturated carbocycles. The molecule has 3 atom stereocenters. The fourth-order valence-electron chi connectivity index (χ4n) is 0.966. The summed E-state index contributed by atoms with van der Waals surface area (Å²) in [6.45, 7) is -0.763. The Morgan fingerprint density at radius 3 is 2.35 bits per heavy atom. The van der Waals surface area contributed by atoms with Gasteiger partial charge in [0.2, 0.25) is 0 Å². The number of aliphatic hydroxyl groups is 3. The van der Waals surface area contributed by atoms with Crippen LogP contribution in [0.25, 0.3) is 0 Å². The van der Waals surface area contributed by atoms with Crippen LogP contribution in [0.2, 0.25) is 0 Å². The summed E-state index contributed by atoms with van der Waals surface area (Å²) in [5.74, 6) is -2.11. The van der Waals surface area contributed by atoms with E-state index >= 15 is 0 Å². The van der Waals surface area contributed by atoms with Crippen molar-refractivity contribution in [1.82, 2.24) is 0 Å². The monoisotopic (exact) mass is 312 g/mol. The molecule has 0 aliphatic carbocycles. The fourth-order valence-corrected chi connectivity index (χ4v) is 1.19. The van der Waals surface area contributed by atoms with Crippen molar-refractivity contribution in [2.24, 2.45) is 0 Å². The number of ketones is 1. The van der Waals surface area contributed by atoms with Crippen molar-refractivity contribution in [3.05, 3.63) is 0 Å². The van der Waals surface area contributed by atoms with Gasteiger partial charge in [0.25, 0.3) is 5.78 Å². The lowest BCUT2D eigenvalue weighted by molar-refractivity contribution is -0.166. The Hall–Kier alpha value is -0.830. The molecule has 0 amide bonds. The molecule has 0 aromatic heterocycles. The van der Waals surface area contributed by atoms with E-state index in [1.54, 1.807) is 0 Å². The van der Waals surface area contributed by atoms with Crippen LogP contribution >= 0.6 is 15.9 Å². The third kappa shape index (κ3) is 5.35. The quantitative estimate of drug-likeness (QED) is 0.208. The van der Waals surface area contributed by atoms with Gasteiger partial charge >= 0.3 is 5.97 Å². The molecule has 0 aliphatic heterocycles. The predicted molar refractivity (Wildman–Crippen MR) is 58.5 cm³/mol. The van der Waals surface area contributed by atoms with Gasteiger partial charge in [-0.3, -0.25) is 4.79 Å². The summed E-state index contributed by atoms with van der Waals surface area (Å²) in [7, 11) is 0. The van der Waals surface area contributed by atoms with Crippen LogP contribution in [0.4, 0.5) is 0 Å². The summed E-state index contributed by atoms with van der Waals surface area (Å²) < 4.78 is 4.56. The third-order valence-corrected chi connectivity index (χ3v) is 2.41. The smallest absolute Gasteiger partial charge is 0.375 e. The second kappa shape index (κ2) is 8.29. The van der Waals surface area contributed by atoms with Crippen molar-refractivity contribution in [1.29, 1.82) is 0 Å². The van der Waals surface area contributed by atoms with Crippen molar-refractivity contribution < 1.29 is 34.4 Å². The number of esters is 1. The van der Waals surface area contributed by atoms with Crippen LogP contribution in [0.15, 0.2) is 0 Å². The van der Waals surface area contributed by atoms with Crippen molar-refractivity contribution in [3.63, 3.8) is 0 Å². The zero-order valence-corrected chi connectivity index (χ0v) is 10.4. The van der Waals surface area contributed by atoms with Crippen LogP contribution in [0.3, 0.4) is 0 Å². The molecule has 7 nitrogen and oxygen atoms in total. The molecule has 0 heterocycles. The van der Waals surface area contributed by atoms with Gasteiger partial charge in [-0.2, -0.15) is 0 Å². The summed E-state index contributed by atoms with van der Waals surface area (Å²) in [4.78, 5) is 32.3. The highest BCUT2D eigenvalue weighted by Gasteiger charge is 2.30. The first-order valence-corrected chi connectivity index (χ1v) is 5.80. The van der Waals surface area contributed by atoms with E-state index < -0.39 is 36.7 Å². The summed E-state index contributed by atoms with van der Waals surface area (Å²) in [5, 5.41) is 26.9. The molecule has 98 valence electrons. The van der Waals surface area contributed by atoms with E-state index in [9.17, 15) is 19.5 Å². The molecule has 0 fully saturated rings. The highest BCUT2D eigenvalue weighted by molar-refractivity contribution is 9.09. The standard InChI is InChI=1S/C9H13BrO7/c10-3-5(13)9(16)17-7(1-2-11)8(15)6(14)4-12/h2,6-8,12,14-15H,1,3-4H2/t6-,7-,8-/m1/s1. The van der Waals surface area contributed by atoms with E-state index in [-0.39, 0.29) is 11.8 Å². The second-order valence-corrected chi connectivity index (χ2v) is 3.70. The van der Waals surface area contributed by atoms with E-state index in [2.05, 4.69) is 20.7 Å². The topological polar surface area (TPSA) is 121 Å². The molecule has 0 spiro atoms. The Kier molecular flexibility index (Phi) is 7.88. The van der Waals surface area contributed by atoms with Crippen molar-refractivity contribution in [2.75, 3.05) is 11.9 Å². The first-order valence-electron chi connectivity index (χ1n) is 4.68. The zero-order chi connectivity index (χ0) is 13.4. The average molecular weight is 313 g/mol. The Morgan fingerprint density at radius 1 is 1.35 bits per heavy atom. The van der Waals surface area contributed by atoms with E-state index in [1.807, 2.05) is 0 Å². The summed E-state index contributed by atoms with van der Waals surface area (Å²) in [6.07, 6.45) is -4.60. The molecular weight excluding hydrogens is 300 g/mol. The predicted octanol–water partition coefficient (Wildman–Crippen LogP) is -1.83. The minimum atomic E-state index is -1.64. The lowest BCUT2D eigenvalue weighted by atomic mass is 10.1. The second-order valence-electron chi connectivity index (χ2n) is 3.14. The van der Waals surface area contributed by atoms with Crippen molar-refractivity contribution in [3.8, 4) is 0 Å². The van der Waals surface area contributed by atoms with Gasteiger partial charge in [0.15, 0.2) is 0 Å². The molecule has 0 bridgehead atoms. The maximum Gasteiger partial charge on any atom is 0.375 e. The van der Waals surface area contributed by atoms with Gasteiger partial charge in [-0.1, -0.05) is 15.9 Å². The number of hydrogen-bond donors (Lipinski definition) is 3. The van der Waals surface area contributed by atoms with Gasteiger partial charge < -0.3 is 24.9 Å². The van der Waals surface area contributed by atoms with E-state index in [0.29, 0.717) is 6.29 Å². The molecule has 3 N–H and O–H groups in total. The summed E-state index contributed by atoms with van der Waals surface area (Å²) >= 11 is 2.75. The number of Topliss-reactive ketones (excluding diaryl/α,β-unsaturated/α-hetero) is 1. The van der Waals surface area contributed by atoms with E-state index in [0.717, 1.165) is 0 Å². The van der Waals surface area contributed by atoms with E-state index in [1.165, 1.54) is 0 Å². The largest absolute Gasteiger partial charge is 0.453 e. The number of alkyl halides is 1. The maximum atomic E-state index is 11.1. The third-order valence-electron chi connectivity index (χ3n) is 1.90. The molecular formula is C9H13BrO7. The van der Waals surface area contributed by atoms with Crippen LogP contribution in [-0.4, -0.2) is 63.6 Å². The highest BCUT2D eigenvalue weighted by Crippen LogP contribution is 2.08. The minimum absolute atomic E-state index is 0.252. The Morgan fingerprint density at radius 2 is 1.94 bits per heavy atom. The van der Waals surface area contributed by atoms with Crippen LogP contribution < -0.4 is 0 Å².